The predicted molar refractivity (Wildman–Crippen MR) is 51.3 cm³/mol. The maximum atomic E-state index is 3.77. The largest absolute Gasteiger partial charge is 0.310 e. The Kier molecular flexibility index (Phi) is 2.66. The van der Waals surface area contributed by atoms with Crippen molar-refractivity contribution in [2.45, 2.75) is 44.2 Å². The quantitative estimate of drug-likeness (QED) is 0.667. The Hall–Kier alpha value is -0.0800. The number of nitrogens with one attached hydrogen (secondary N) is 1. The number of likely N-dealkylation sites (N-methyl/N-ethyl adjacent to an activating group) is 1. The molecule has 1 unspecified atom stereocenters. The van der Waals surface area contributed by atoms with Gasteiger partial charge in [-0.1, -0.05) is 12.8 Å². The fourth-order valence-electron chi connectivity index (χ4n) is 2.50. The summed E-state index contributed by atoms with van der Waals surface area (Å²) in [6.07, 6.45) is 7.08. The molecule has 2 heteroatoms. The van der Waals surface area contributed by atoms with Crippen LogP contribution in [0, 0.1) is 0 Å². The van der Waals surface area contributed by atoms with Crippen LogP contribution in [0.25, 0.3) is 0 Å². The molecule has 1 aliphatic carbocycles. The third kappa shape index (κ3) is 1.99. The number of hydrogen-bond acceptors (Lipinski definition) is 2. The number of rotatable bonds is 2. The second-order valence-electron chi connectivity index (χ2n) is 4.40. The molecule has 0 amide bonds. The van der Waals surface area contributed by atoms with Crippen LogP contribution in [0.1, 0.15) is 32.1 Å². The minimum atomic E-state index is 0.790. The summed E-state index contributed by atoms with van der Waals surface area (Å²) in [5.74, 6) is 0. The van der Waals surface area contributed by atoms with Gasteiger partial charge in [-0.25, -0.2) is 0 Å². The summed E-state index contributed by atoms with van der Waals surface area (Å²) < 4.78 is 0. The van der Waals surface area contributed by atoms with E-state index in [-0.39, 0.29) is 0 Å². The molecule has 1 heterocycles. The normalized spacial score (nSPS) is 33.2. The van der Waals surface area contributed by atoms with Gasteiger partial charge in [0.25, 0.3) is 0 Å². The van der Waals surface area contributed by atoms with E-state index in [0.717, 1.165) is 12.1 Å². The first-order chi connectivity index (χ1) is 5.84. The van der Waals surface area contributed by atoms with E-state index in [1.165, 1.54) is 45.2 Å². The maximum Gasteiger partial charge on any atom is 0.0209 e. The van der Waals surface area contributed by atoms with Crippen LogP contribution in [0.4, 0.5) is 0 Å². The van der Waals surface area contributed by atoms with Crippen molar-refractivity contribution in [2.24, 2.45) is 0 Å². The highest BCUT2D eigenvalue weighted by Gasteiger charge is 2.23. The number of likely N-dealkylation sites (tertiary alicyclic amines) is 1. The maximum absolute atomic E-state index is 3.77. The fourth-order valence-corrected chi connectivity index (χ4v) is 2.50. The molecule has 1 atom stereocenters. The second-order valence-corrected chi connectivity index (χ2v) is 4.40. The SMILES string of the molecule is CN1CCC(NC2CCCC2)C1. The van der Waals surface area contributed by atoms with Crippen molar-refractivity contribution in [1.29, 1.82) is 0 Å². The monoisotopic (exact) mass is 168 g/mol. The molecule has 1 N–H and O–H groups in total. The topological polar surface area (TPSA) is 15.3 Å². The summed E-state index contributed by atoms with van der Waals surface area (Å²) in [6, 6.07) is 1.64. The lowest BCUT2D eigenvalue weighted by Crippen LogP contribution is -2.38. The highest BCUT2D eigenvalue weighted by Crippen LogP contribution is 2.19. The minimum Gasteiger partial charge on any atom is -0.310 e. The van der Waals surface area contributed by atoms with Crippen molar-refractivity contribution >= 4 is 0 Å². The van der Waals surface area contributed by atoms with Crippen LogP contribution >= 0.6 is 0 Å². The van der Waals surface area contributed by atoms with Crippen molar-refractivity contribution in [3.8, 4) is 0 Å². The van der Waals surface area contributed by atoms with E-state index >= 15 is 0 Å². The zero-order chi connectivity index (χ0) is 8.39. The molecule has 2 fully saturated rings. The lowest BCUT2D eigenvalue weighted by Gasteiger charge is -2.18. The van der Waals surface area contributed by atoms with Gasteiger partial charge >= 0.3 is 0 Å². The average molecular weight is 168 g/mol. The second kappa shape index (κ2) is 3.75. The van der Waals surface area contributed by atoms with E-state index in [1.807, 2.05) is 0 Å². The van der Waals surface area contributed by atoms with E-state index < -0.39 is 0 Å². The third-order valence-corrected chi connectivity index (χ3v) is 3.22. The molecule has 2 rings (SSSR count). The van der Waals surface area contributed by atoms with Crippen LogP contribution in [0.3, 0.4) is 0 Å². The molecule has 70 valence electrons. The zero-order valence-electron chi connectivity index (χ0n) is 8.05. The smallest absolute Gasteiger partial charge is 0.0209 e. The van der Waals surface area contributed by atoms with E-state index in [2.05, 4.69) is 17.3 Å². The molecule has 2 nitrogen and oxygen atoms in total. The molecular formula is C10H20N2. The first-order valence-electron chi connectivity index (χ1n) is 5.29. The Morgan fingerprint density at radius 1 is 1.08 bits per heavy atom. The summed E-state index contributed by atoms with van der Waals surface area (Å²) >= 11 is 0. The Morgan fingerprint density at radius 3 is 2.42 bits per heavy atom. The molecule has 1 aliphatic heterocycles. The molecule has 0 aromatic rings. The van der Waals surface area contributed by atoms with Crippen molar-refractivity contribution in [1.82, 2.24) is 10.2 Å². The Bertz CT molecular complexity index is 141. The summed E-state index contributed by atoms with van der Waals surface area (Å²) in [5, 5.41) is 3.77. The molecule has 0 aromatic carbocycles. The zero-order valence-corrected chi connectivity index (χ0v) is 8.05. The van der Waals surface area contributed by atoms with Crippen LogP contribution in [0.2, 0.25) is 0 Å². The van der Waals surface area contributed by atoms with Gasteiger partial charge in [-0.2, -0.15) is 0 Å². The summed E-state index contributed by atoms with van der Waals surface area (Å²) in [7, 11) is 2.22. The predicted octanol–water partition coefficient (Wildman–Crippen LogP) is 1.22. The molecule has 2 aliphatic rings. The first-order valence-corrected chi connectivity index (χ1v) is 5.29. The van der Waals surface area contributed by atoms with Gasteiger partial charge in [-0.3, -0.25) is 0 Å². The molecule has 0 aromatic heterocycles. The van der Waals surface area contributed by atoms with Crippen molar-refractivity contribution < 1.29 is 0 Å². The fraction of sp³-hybridized carbons (Fsp3) is 1.00. The Balaban J connectivity index is 1.72. The molecule has 1 saturated carbocycles. The molecule has 0 radical (unpaired) electrons. The standard InChI is InChI=1S/C10H20N2/c1-12-7-6-10(8-12)11-9-4-2-3-5-9/h9-11H,2-8H2,1H3. The van der Waals surface area contributed by atoms with E-state index in [4.69, 9.17) is 0 Å². The molecule has 1 saturated heterocycles. The van der Waals surface area contributed by atoms with Crippen LogP contribution < -0.4 is 5.32 Å². The van der Waals surface area contributed by atoms with Crippen molar-refractivity contribution in [2.75, 3.05) is 20.1 Å². The van der Waals surface area contributed by atoms with Gasteiger partial charge in [-0.15, -0.1) is 0 Å². The number of nitrogens with zero attached hydrogens (tertiary/aromatic N) is 1. The van der Waals surface area contributed by atoms with Gasteiger partial charge < -0.3 is 10.2 Å². The van der Waals surface area contributed by atoms with Crippen LogP contribution in [-0.4, -0.2) is 37.1 Å². The van der Waals surface area contributed by atoms with Gasteiger partial charge in [0, 0.05) is 18.6 Å². The van der Waals surface area contributed by atoms with Gasteiger partial charge in [0.15, 0.2) is 0 Å². The van der Waals surface area contributed by atoms with E-state index in [9.17, 15) is 0 Å². The van der Waals surface area contributed by atoms with Gasteiger partial charge in [0.05, 0.1) is 0 Å². The minimum absolute atomic E-state index is 0.790. The van der Waals surface area contributed by atoms with Gasteiger partial charge in [-0.05, 0) is 32.9 Å². The van der Waals surface area contributed by atoms with E-state index in [1.54, 1.807) is 0 Å². The molecule has 12 heavy (non-hydrogen) atoms. The Morgan fingerprint density at radius 2 is 1.83 bits per heavy atom. The van der Waals surface area contributed by atoms with Crippen molar-refractivity contribution in [3.63, 3.8) is 0 Å². The highest BCUT2D eigenvalue weighted by molar-refractivity contribution is 4.84. The lowest BCUT2D eigenvalue weighted by molar-refractivity contribution is 0.381. The number of hydrogen-bond donors (Lipinski definition) is 1. The average Bonchev–Trinajstić information content (AvgIpc) is 2.63. The van der Waals surface area contributed by atoms with Crippen LogP contribution in [0.15, 0.2) is 0 Å². The summed E-state index contributed by atoms with van der Waals surface area (Å²) in [6.45, 7) is 2.54. The molecule has 0 spiro atoms. The van der Waals surface area contributed by atoms with Crippen LogP contribution in [0.5, 0.6) is 0 Å². The highest BCUT2D eigenvalue weighted by atomic mass is 15.2. The van der Waals surface area contributed by atoms with Gasteiger partial charge in [0.2, 0.25) is 0 Å². The summed E-state index contributed by atoms with van der Waals surface area (Å²) in [5.41, 5.74) is 0. The van der Waals surface area contributed by atoms with E-state index in [0.29, 0.717) is 0 Å². The molecular weight excluding hydrogens is 148 g/mol. The van der Waals surface area contributed by atoms with Crippen molar-refractivity contribution in [3.05, 3.63) is 0 Å². The first kappa shape index (κ1) is 8.52. The van der Waals surface area contributed by atoms with Gasteiger partial charge in [0.1, 0.15) is 0 Å². The summed E-state index contributed by atoms with van der Waals surface area (Å²) in [4.78, 5) is 2.42. The Labute approximate surface area is 75.3 Å². The van der Waals surface area contributed by atoms with Crippen LogP contribution in [-0.2, 0) is 0 Å². The lowest BCUT2D eigenvalue weighted by atomic mass is 10.2. The third-order valence-electron chi connectivity index (χ3n) is 3.22. The molecule has 0 bridgehead atoms.